The Balaban J connectivity index is 2.00. The number of piperidine rings is 1. The monoisotopic (exact) mass is 198 g/mol. The Morgan fingerprint density at radius 2 is 2.50 bits per heavy atom. The third-order valence-electron chi connectivity index (χ3n) is 2.80. The number of nitrogens with one attached hydrogen (secondary N) is 1. The van der Waals surface area contributed by atoms with E-state index in [0.717, 1.165) is 19.4 Å². The molecule has 0 bridgehead atoms. The Morgan fingerprint density at radius 1 is 1.71 bits per heavy atom. The minimum atomic E-state index is -0.565. The van der Waals surface area contributed by atoms with Gasteiger partial charge in [0.2, 0.25) is 5.91 Å². The van der Waals surface area contributed by atoms with E-state index < -0.39 is 5.54 Å². The number of ether oxygens (including phenoxy) is 1. The van der Waals surface area contributed by atoms with Crippen LogP contribution in [-0.2, 0) is 9.53 Å². The number of hydrogen-bond donors (Lipinski definition) is 1. The summed E-state index contributed by atoms with van der Waals surface area (Å²) in [5.41, 5.74) is -0.565. The van der Waals surface area contributed by atoms with Gasteiger partial charge in [-0.25, -0.2) is 4.79 Å². The van der Waals surface area contributed by atoms with Crippen LogP contribution in [0.25, 0.3) is 0 Å². The second-order valence-electron chi connectivity index (χ2n) is 3.68. The molecule has 1 spiro atoms. The van der Waals surface area contributed by atoms with Crippen LogP contribution in [0.15, 0.2) is 0 Å². The van der Waals surface area contributed by atoms with E-state index in [1.165, 1.54) is 4.90 Å². The van der Waals surface area contributed by atoms with E-state index in [2.05, 4.69) is 5.32 Å². The summed E-state index contributed by atoms with van der Waals surface area (Å²) in [6.45, 7) is 3.34. The molecule has 5 nitrogen and oxygen atoms in total. The lowest BCUT2D eigenvalue weighted by atomic mass is 9.99. The van der Waals surface area contributed by atoms with Gasteiger partial charge in [-0.2, -0.15) is 0 Å². The van der Waals surface area contributed by atoms with Crippen LogP contribution in [0.3, 0.4) is 0 Å². The predicted molar refractivity (Wildman–Crippen MR) is 48.7 cm³/mol. The van der Waals surface area contributed by atoms with Crippen molar-refractivity contribution in [1.82, 2.24) is 10.2 Å². The van der Waals surface area contributed by atoms with E-state index in [1.807, 2.05) is 0 Å². The first kappa shape index (κ1) is 9.30. The van der Waals surface area contributed by atoms with Crippen molar-refractivity contribution in [3.63, 3.8) is 0 Å². The minimum absolute atomic E-state index is 0.0307. The fourth-order valence-corrected chi connectivity index (χ4v) is 1.94. The van der Waals surface area contributed by atoms with Crippen LogP contribution < -0.4 is 5.32 Å². The molecule has 0 aromatic rings. The molecule has 0 aliphatic carbocycles. The fourth-order valence-electron chi connectivity index (χ4n) is 1.94. The molecule has 0 radical (unpaired) electrons. The molecule has 2 heterocycles. The second-order valence-corrected chi connectivity index (χ2v) is 3.68. The highest BCUT2D eigenvalue weighted by Gasteiger charge is 2.62. The molecule has 78 valence electrons. The molecule has 0 aromatic heterocycles. The fraction of sp³-hybridized carbons (Fsp3) is 0.778. The summed E-state index contributed by atoms with van der Waals surface area (Å²) >= 11 is 0. The van der Waals surface area contributed by atoms with E-state index in [0.29, 0.717) is 13.2 Å². The molecule has 0 saturated carbocycles. The zero-order chi connectivity index (χ0) is 10.2. The molecular weight excluding hydrogens is 184 g/mol. The topological polar surface area (TPSA) is 58.4 Å². The maximum atomic E-state index is 11.5. The van der Waals surface area contributed by atoms with Crippen molar-refractivity contribution in [1.29, 1.82) is 0 Å². The highest BCUT2D eigenvalue weighted by molar-refractivity contribution is 5.95. The van der Waals surface area contributed by atoms with Crippen LogP contribution in [0, 0.1) is 0 Å². The van der Waals surface area contributed by atoms with E-state index >= 15 is 0 Å². The van der Waals surface area contributed by atoms with Crippen molar-refractivity contribution in [3.05, 3.63) is 0 Å². The molecule has 2 aliphatic rings. The lowest BCUT2D eigenvalue weighted by Gasteiger charge is -2.21. The number of rotatable bonds is 1. The van der Waals surface area contributed by atoms with Gasteiger partial charge in [0, 0.05) is 6.54 Å². The Bertz CT molecular complexity index is 279. The molecule has 14 heavy (non-hydrogen) atoms. The predicted octanol–water partition coefficient (Wildman–Crippen LogP) is 0.107. The van der Waals surface area contributed by atoms with Crippen LogP contribution in [0.1, 0.15) is 19.8 Å². The molecule has 1 unspecified atom stereocenters. The second kappa shape index (κ2) is 3.15. The van der Waals surface area contributed by atoms with Gasteiger partial charge in [-0.05, 0) is 19.8 Å². The molecule has 2 fully saturated rings. The smallest absolute Gasteiger partial charge is 0.410 e. The molecule has 5 heteroatoms. The molecule has 2 saturated heterocycles. The minimum Gasteiger partial charge on any atom is -0.450 e. The molecular formula is C9H14N2O3. The van der Waals surface area contributed by atoms with Gasteiger partial charge in [-0.3, -0.25) is 9.69 Å². The third kappa shape index (κ3) is 1.23. The summed E-state index contributed by atoms with van der Waals surface area (Å²) < 4.78 is 4.85. The summed E-state index contributed by atoms with van der Waals surface area (Å²) in [7, 11) is 0. The third-order valence-corrected chi connectivity index (χ3v) is 2.80. The summed E-state index contributed by atoms with van der Waals surface area (Å²) in [6, 6.07) is 0. The summed E-state index contributed by atoms with van der Waals surface area (Å²) in [5, 5.41) is 2.77. The van der Waals surface area contributed by atoms with E-state index in [4.69, 9.17) is 4.74 Å². The Morgan fingerprint density at radius 3 is 3.14 bits per heavy atom. The summed E-state index contributed by atoms with van der Waals surface area (Å²) in [6.07, 6.45) is 1.32. The van der Waals surface area contributed by atoms with Gasteiger partial charge in [0.25, 0.3) is 0 Å². The van der Waals surface area contributed by atoms with Gasteiger partial charge < -0.3 is 10.1 Å². The molecule has 2 amide bonds. The van der Waals surface area contributed by atoms with E-state index in [1.54, 1.807) is 6.92 Å². The molecule has 1 N–H and O–H groups in total. The normalized spacial score (nSPS) is 30.1. The van der Waals surface area contributed by atoms with E-state index in [9.17, 15) is 9.59 Å². The highest BCUT2D eigenvalue weighted by atomic mass is 16.6. The van der Waals surface area contributed by atoms with Gasteiger partial charge in [-0.15, -0.1) is 0 Å². The number of nitrogens with zero attached hydrogens (tertiary/aromatic N) is 1. The average molecular weight is 198 g/mol. The zero-order valence-electron chi connectivity index (χ0n) is 8.21. The maximum Gasteiger partial charge on any atom is 0.410 e. The lowest BCUT2D eigenvalue weighted by molar-refractivity contribution is -0.126. The van der Waals surface area contributed by atoms with Crippen molar-refractivity contribution in [3.8, 4) is 0 Å². The zero-order valence-corrected chi connectivity index (χ0v) is 8.21. The number of amides is 2. The largest absolute Gasteiger partial charge is 0.450 e. The molecule has 1 atom stereocenters. The van der Waals surface area contributed by atoms with Gasteiger partial charge in [0.1, 0.15) is 5.54 Å². The van der Waals surface area contributed by atoms with Crippen LogP contribution in [-0.4, -0.2) is 42.1 Å². The van der Waals surface area contributed by atoms with Gasteiger partial charge >= 0.3 is 6.09 Å². The number of carbonyl (C=O) groups excluding carboxylic acids is 2. The number of hydrogen-bond acceptors (Lipinski definition) is 3. The Labute approximate surface area is 82.4 Å². The summed E-state index contributed by atoms with van der Waals surface area (Å²) in [4.78, 5) is 24.4. The maximum absolute atomic E-state index is 11.5. The molecule has 2 aliphatic heterocycles. The molecule has 2 rings (SSSR count). The van der Waals surface area contributed by atoms with Crippen molar-refractivity contribution in [2.24, 2.45) is 0 Å². The first-order valence-corrected chi connectivity index (χ1v) is 4.93. The molecule has 0 aromatic carbocycles. The standard InChI is InChI=1S/C9H14N2O3/c1-2-14-8(13)11-6-9(11)4-3-5-10-7(9)12/h2-6H2,1H3,(H,10,12). The van der Waals surface area contributed by atoms with Crippen molar-refractivity contribution >= 4 is 12.0 Å². The Kier molecular flexibility index (Phi) is 2.09. The number of carbonyl (C=O) groups is 2. The lowest BCUT2D eigenvalue weighted by Crippen LogP contribution is -2.46. The Hall–Kier alpha value is -1.26. The SMILES string of the molecule is CCOC(=O)N1CC12CCCNC2=O. The first-order valence-electron chi connectivity index (χ1n) is 4.93. The first-order chi connectivity index (χ1) is 6.70. The average Bonchev–Trinajstić information content (AvgIpc) is 2.87. The quantitative estimate of drug-likeness (QED) is 0.608. The summed E-state index contributed by atoms with van der Waals surface area (Å²) in [5.74, 6) is -0.0307. The van der Waals surface area contributed by atoms with Gasteiger partial charge in [-0.1, -0.05) is 0 Å². The van der Waals surface area contributed by atoms with Gasteiger partial charge in [0.15, 0.2) is 0 Å². The van der Waals surface area contributed by atoms with Crippen LogP contribution >= 0.6 is 0 Å². The van der Waals surface area contributed by atoms with E-state index in [-0.39, 0.29) is 12.0 Å². The van der Waals surface area contributed by atoms with Gasteiger partial charge in [0.05, 0.1) is 13.2 Å². The van der Waals surface area contributed by atoms with Crippen LogP contribution in [0.5, 0.6) is 0 Å². The van der Waals surface area contributed by atoms with Crippen LogP contribution in [0.4, 0.5) is 4.79 Å². The van der Waals surface area contributed by atoms with Crippen LogP contribution in [0.2, 0.25) is 0 Å². The highest BCUT2D eigenvalue weighted by Crippen LogP contribution is 2.39. The van der Waals surface area contributed by atoms with Crippen molar-refractivity contribution < 1.29 is 14.3 Å². The van der Waals surface area contributed by atoms with Crippen molar-refractivity contribution in [2.45, 2.75) is 25.3 Å². The van der Waals surface area contributed by atoms with Crippen molar-refractivity contribution in [2.75, 3.05) is 19.7 Å².